The minimum absolute atomic E-state index is 0.0652. The minimum Gasteiger partial charge on any atom is -0.466 e. The second-order valence-electron chi connectivity index (χ2n) is 5.22. The molecule has 19 heavy (non-hydrogen) atoms. The summed E-state index contributed by atoms with van der Waals surface area (Å²) in [5.74, 6) is 0.215. The summed E-state index contributed by atoms with van der Waals surface area (Å²) < 4.78 is 4.86. The topological polar surface area (TPSA) is 46.6 Å². The summed E-state index contributed by atoms with van der Waals surface area (Å²) >= 11 is 0. The zero-order valence-corrected chi connectivity index (χ0v) is 13.1. The van der Waals surface area contributed by atoms with Crippen LogP contribution in [0.15, 0.2) is 0 Å². The number of ether oxygens (including phenoxy) is 1. The molecule has 1 amide bonds. The van der Waals surface area contributed by atoms with Gasteiger partial charge in [0, 0.05) is 19.0 Å². The first-order valence-corrected chi connectivity index (χ1v) is 7.41. The van der Waals surface area contributed by atoms with Crippen molar-refractivity contribution in [2.45, 2.75) is 66.3 Å². The zero-order chi connectivity index (χ0) is 14.8. The van der Waals surface area contributed by atoms with E-state index in [1.54, 1.807) is 6.92 Å². The Balaban J connectivity index is 4.49. The standard InChI is InChI=1S/C15H29NO3/c1-6-13(7-2)16(11-12(4)5)14(17)9-10-15(18)19-8-3/h12-13H,6-11H2,1-5H3. The molecule has 0 bridgehead atoms. The Morgan fingerprint density at radius 3 is 2.05 bits per heavy atom. The molecule has 0 aliphatic rings. The molecule has 112 valence electrons. The number of esters is 1. The summed E-state index contributed by atoms with van der Waals surface area (Å²) in [5.41, 5.74) is 0. The third-order valence-corrected chi connectivity index (χ3v) is 3.11. The second kappa shape index (κ2) is 9.82. The van der Waals surface area contributed by atoms with Crippen molar-refractivity contribution in [1.82, 2.24) is 4.90 Å². The zero-order valence-electron chi connectivity index (χ0n) is 13.1. The first kappa shape index (κ1) is 17.9. The summed E-state index contributed by atoms with van der Waals surface area (Å²) in [7, 11) is 0. The summed E-state index contributed by atoms with van der Waals surface area (Å²) in [6, 6.07) is 0.275. The van der Waals surface area contributed by atoms with E-state index in [2.05, 4.69) is 27.7 Å². The van der Waals surface area contributed by atoms with Crippen LogP contribution >= 0.6 is 0 Å². The van der Waals surface area contributed by atoms with Gasteiger partial charge in [-0.2, -0.15) is 0 Å². The van der Waals surface area contributed by atoms with Crippen LogP contribution in [0.5, 0.6) is 0 Å². The van der Waals surface area contributed by atoms with E-state index in [1.807, 2.05) is 4.90 Å². The van der Waals surface area contributed by atoms with Crippen molar-refractivity contribution >= 4 is 11.9 Å². The van der Waals surface area contributed by atoms with Gasteiger partial charge in [-0.25, -0.2) is 0 Å². The van der Waals surface area contributed by atoms with Gasteiger partial charge in [0.2, 0.25) is 5.91 Å². The van der Waals surface area contributed by atoms with E-state index < -0.39 is 0 Å². The van der Waals surface area contributed by atoms with E-state index in [1.165, 1.54) is 0 Å². The van der Waals surface area contributed by atoms with E-state index in [9.17, 15) is 9.59 Å². The van der Waals surface area contributed by atoms with Crippen LogP contribution in [-0.4, -0.2) is 36.0 Å². The van der Waals surface area contributed by atoms with Crippen molar-refractivity contribution in [3.63, 3.8) is 0 Å². The third-order valence-electron chi connectivity index (χ3n) is 3.11. The van der Waals surface area contributed by atoms with Crippen molar-refractivity contribution in [1.29, 1.82) is 0 Å². The maximum Gasteiger partial charge on any atom is 0.306 e. The Hall–Kier alpha value is -1.06. The molecule has 4 heteroatoms. The summed E-state index contributed by atoms with van der Waals surface area (Å²) in [5, 5.41) is 0. The normalized spacial score (nSPS) is 10.9. The van der Waals surface area contributed by atoms with Gasteiger partial charge in [0.25, 0.3) is 0 Å². The molecule has 0 radical (unpaired) electrons. The van der Waals surface area contributed by atoms with Crippen molar-refractivity contribution in [2.24, 2.45) is 5.92 Å². The maximum atomic E-state index is 12.3. The number of nitrogens with zero attached hydrogens (tertiary/aromatic N) is 1. The monoisotopic (exact) mass is 271 g/mol. The molecule has 0 N–H and O–H groups in total. The number of amides is 1. The highest BCUT2D eigenvalue weighted by atomic mass is 16.5. The van der Waals surface area contributed by atoms with Crippen LogP contribution in [0.3, 0.4) is 0 Å². The molecule has 0 fully saturated rings. The molecule has 0 aromatic rings. The number of hydrogen-bond donors (Lipinski definition) is 0. The highest BCUT2D eigenvalue weighted by Gasteiger charge is 2.22. The molecule has 0 rings (SSSR count). The highest BCUT2D eigenvalue weighted by molar-refractivity contribution is 5.81. The van der Waals surface area contributed by atoms with Crippen LogP contribution in [0, 0.1) is 5.92 Å². The number of carbonyl (C=O) groups is 2. The fourth-order valence-corrected chi connectivity index (χ4v) is 2.16. The highest BCUT2D eigenvalue weighted by Crippen LogP contribution is 2.14. The van der Waals surface area contributed by atoms with Gasteiger partial charge in [-0.3, -0.25) is 9.59 Å². The molecular formula is C15H29NO3. The van der Waals surface area contributed by atoms with Crippen LogP contribution in [-0.2, 0) is 14.3 Å². The lowest BCUT2D eigenvalue weighted by Gasteiger charge is -2.32. The number of rotatable bonds is 9. The molecule has 0 saturated heterocycles. The largest absolute Gasteiger partial charge is 0.466 e. The van der Waals surface area contributed by atoms with Gasteiger partial charge in [-0.05, 0) is 25.7 Å². The molecule has 0 heterocycles. The van der Waals surface area contributed by atoms with Crippen LogP contribution in [0.25, 0.3) is 0 Å². The smallest absolute Gasteiger partial charge is 0.306 e. The molecule has 0 aliphatic heterocycles. The number of hydrogen-bond acceptors (Lipinski definition) is 3. The van der Waals surface area contributed by atoms with E-state index >= 15 is 0 Å². The molecule has 0 spiro atoms. The molecule has 4 nitrogen and oxygen atoms in total. The summed E-state index contributed by atoms with van der Waals surface area (Å²) in [4.78, 5) is 25.5. The Labute approximate surface area is 117 Å². The van der Waals surface area contributed by atoms with E-state index in [0.717, 1.165) is 19.4 Å². The molecule has 0 aliphatic carbocycles. The fraction of sp³-hybridized carbons (Fsp3) is 0.867. The Morgan fingerprint density at radius 1 is 1.05 bits per heavy atom. The van der Waals surface area contributed by atoms with E-state index in [0.29, 0.717) is 12.5 Å². The lowest BCUT2D eigenvalue weighted by atomic mass is 10.1. The Morgan fingerprint density at radius 2 is 1.63 bits per heavy atom. The first-order chi connectivity index (χ1) is 8.96. The summed E-state index contributed by atoms with van der Waals surface area (Å²) in [6.45, 7) is 11.3. The molecule has 0 atom stereocenters. The lowest BCUT2D eigenvalue weighted by molar-refractivity contribution is -0.146. The Kier molecular flexibility index (Phi) is 9.27. The molecule has 0 aromatic heterocycles. The van der Waals surface area contributed by atoms with Crippen LogP contribution < -0.4 is 0 Å². The maximum absolute atomic E-state index is 12.3. The average molecular weight is 271 g/mol. The molecule has 0 aromatic carbocycles. The van der Waals surface area contributed by atoms with Gasteiger partial charge in [0.1, 0.15) is 0 Å². The fourth-order valence-electron chi connectivity index (χ4n) is 2.16. The van der Waals surface area contributed by atoms with Crippen LogP contribution in [0.1, 0.15) is 60.3 Å². The van der Waals surface area contributed by atoms with Gasteiger partial charge in [-0.1, -0.05) is 27.7 Å². The predicted molar refractivity (Wildman–Crippen MR) is 76.8 cm³/mol. The van der Waals surface area contributed by atoms with Gasteiger partial charge >= 0.3 is 5.97 Å². The molecule has 0 saturated carbocycles. The van der Waals surface area contributed by atoms with Gasteiger partial charge < -0.3 is 9.64 Å². The SMILES string of the molecule is CCOC(=O)CCC(=O)N(CC(C)C)C(CC)CC. The predicted octanol–water partition coefficient (Wildman–Crippen LogP) is 3.00. The second-order valence-corrected chi connectivity index (χ2v) is 5.22. The van der Waals surface area contributed by atoms with Crippen LogP contribution in [0.4, 0.5) is 0 Å². The first-order valence-electron chi connectivity index (χ1n) is 7.41. The molecular weight excluding hydrogens is 242 g/mol. The van der Waals surface area contributed by atoms with Gasteiger partial charge in [0.15, 0.2) is 0 Å². The van der Waals surface area contributed by atoms with Crippen molar-refractivity contribution in [3.8, 4) is 0 Å². The lowest BCUT2D eigenvalue weighted by Crippen LogP contribution is -2.42. The number of carbonyl (C=O) groups excluding carboxylic acids is 2. The average Bonchev–Trinajstić information content (AvgIpc) is 2.36. The van der Waals surface area contributed by atoms with Crippen LogP contribution in [0.2, 0.25) is 0 Å². The summed E-state index contributed by atoms with van der Waals surface area (Å²) in [6.07, 6.45) is 2.34. The van der Waals surface area contributed by atoms with E-state index in [4.69, 9.17) is 4.74 Å². The van der Waals surface area contributed by atoms with Gasteiger partial charge in [0.05, 0.1) is 13.0 Å². The quantitative estimate of drug-likeness (QED) is 0.606. The third kappa shape index (κ3) is 7.19. The van der Waals surface area contributed by atoms with E-state index in [-0.39, 0.29) is 30.8 Å². The molecule has 0 unspecified atom stereocenters. The van der Waals surface area contributed by atoms with Gasteiger partial charge in [-0.15, -0.1) is 0 Å². The Bertz CT molecular complexity index is 273. The minimum atomic E-state index is -0.287. The van der Waals surface area contributed by atoms with Crippen molar-refractivity contribution in [3.05, 3.63) is 0 Å². The van der Waals surface area contributed by atoms with Crippen molar-refractivity contribution in [2.75, 3.05) is 13.2 Å². The van der Waals surface area contributed by atoms with Crippen molar-refractivity contribution < 1.29 is 14.3 Å².